The van der Waals surface area contributed by atoms with Gasteiger partial charge in [-0.25, -0.2) is 0 Å². The summed E-state index contributed by atoms with van der Waals surface area (Å²) in [5.74, 6) is 0.937. The van der Waals surface area contributed by atoms with Crippen LogP contribution >= 0.6 is 0 Å². The van der Waals surface area contributed by atoms with E-state index in [1.807, 2.05) is 0 Å². The first-order valence-corrected chi connectivity index (χ1v) is 5.28. The van der Waals surface area contributed by atoms with Gasteiger partial charge < -0.3 is 15.8 Å². The largest absolute Gasteiger partial charge is 0.494 e. The number of rotatable bonds is 5. The van der Waals surface area contributed by atoms with E-state index in [0.717, 1.165) is 24.4 Å². The van der Waals surface area contributed by atoms with E-state index in [-0.39, 0.29) is 0 Å². The SMILES string of the molecule is COc1c(NCCCN)ccc(C)c1C. The van der Waals surface area contributed by atoms with Crippen molar-refractivity contribution < 1.29 is 4.74 Å². The molecule has 3 N–H and O–H groups in total. The third kappa shape index (κ3) is 2.86. The van der Waals surface area contributed by atoms with Gasteiger partial charge in [0.1, 0.15) is 5.75 Å². The lowest BCUT2D eigenvalue weighted by molar-refractivity contribution is 0.413. The van der Waals surface area contributed by atoms with Crippen LogP contribution in [-0.4, -0.2) is 20.2 Å². The van der Waals surface area contributed by atoms with Gasteiger partial charge in [-0.3, -0.25) is 0 Å². The van der Waals surface area contributed by atoms with Crippen molar-refractivity contribution >= 4 is 5.69 Å². The molecule has 0 radical (unpaired) electrons. The standard InChI is InChI=1S/C12H20N2O/c1-9-5-6-11(14-8-4-7-13)12(15-3)10(9)2/h5-6,14H,4,7-8,13H2,1-3H3. The first kappa shape index (κ1) is 11.9. The molecule has 0 fully saturated rings. The molecule has 0 aromatic heterocycles. The maximum atomic E-state index is 5.45. The van der Waals surface area contributed by atoms with Crippen LogP contribution in [0.25, 0.3) is 0 Å². The normalized spacial score (nSPS) is 10.1. The highest BCUT2D eigenvalue weighted by atomic mass is 16.5. The molecule has 0 spiro atoms. The lowest BCUT2D eigenvalue weighted by atomic mass is 10.1. The highest BCUT2D eigenvalue weighted by Gasteiger charge is 2.07. The fraction of sp³-hybridized carbons (Fsp3) is 0.500. The van der Waals surface area contributed by atoms with Crippen molar-refractivity contribution in [3.8, 4) is 5.75 Å². The molecule has 84 valence electrons. The van der Waals surface area contributed by atoms with E-state index < -0.39 is 0 Å². The molecule has 1 aromatic rings. The number of benzene rings is 1. The van der Waals surface area contributed by atoms with E-state index in [2.05, 4.69) is 31.3 Å². The van der Waals surface area contributed by atoms with Crippen LogP contribution in [0, 0.1) is 13.8 Å². The lowest BCUT2D eigenvalue weighted by Gasteiger charge is -2.14. The summed E-state index contributed by atoms with van der Waals surface area (Å²) in [5.41, 5.74) is 8.93. The zero-order chi connectivity index (χ0) is 11.3. The summed E-state index contributed by atoms with van der Waals surface area (Å²) in [4.78, 5) is 0. The summed E-state index contributed by atoms with van der Waals surface area (Å²) in [6.07, 6.45) is 0.968. The van der Waals surface area contributed by atoms with Gasteiger partial charge in [-0.1, -0.05) is 6.07 Å². The van der Waals surface area contributed by atoms with Crippen molar-refractivity contribution in [2.24, 2.45) is 5.73 Å². The summed E-state index contributed by atoms with van der Waals surface area (Å²) < 4.78 is 5.39. The number of ether oxygens (including phenoxy) is 1. The summed E-state index contributed by atoms with van der Waals surface area (Å²) in [6.45, 7) is 5.75. The van der Waals surface area contributed by atoms with Crippen LogP contribution in [0.1, 0.15) is 17.5 Å². The molecule has 0 unspecified atom stereocenters. The Morgan fingerprint density at radius 1 is 1.33 bits per heavy atom. The van der Waals surface area contributed by atoms with E-state index in [1.165, 1.54) is 11.1 Å². The summed E-state index contributed by atoms with van der Waals surface area (Å²) >= 11 is 0. The van der Waals surface area contributed by atoms with Crippen LogP contribution in [0.15, 0.2) is 12.1 Å². The van der Waals surface area contributed by atoms with Gasteiger partial charge >= 0.3 is 0 Å². The second kappa shape index (κ2) is 5.61. The molecular weight excluding hydrogens is 188 g/mol. The third-order valence-corrected chi connectivity index (χ3v) is 2.58. The van der Waals surface area contributed by atoms with E-state index in [0.29, 0.717) is 6.54 Å². The number of aryl methyl sites for hydroxylation is 1. The number of anilines is 1. The smallest absolute Gasteiger partial charge is 0.145 e. The molecule has 0 aliphatic rings. The van der Waals surface area contributed by atoms with Crippen molar-refractivity contribution in [1.29, 1.82) is 0 Å². The van der Waals surface area contributed by atoms with Crippen molar-refractivity contribution in [3.05, 3.63) is 23.3 Å². The molecule has 0 aliphatic heterocycles. The van der Waals surface area contributed by atoms with Crippen LogP contribution in [-0.2, 0) is 0 Å². The van der Waals surface area contributed by atoms with E-state index in [1.54, 1.807) is 7.11 Å². The Morgan fingerprint density at radius 3 is 2.67 bits per heavy atom. The molecule has 0 saturated heterocycles. The lowest BCUT2D eigenvalue weighted by Crippen LogP contribution is -2.09. The van der Waals surface area contributed by atoms with Crippen LogP contribution in [0.4, 0.5) is 5.69 Å². The van der Waals surface area contributed by atoms with Crippen LogP contribution in [0.2, 0.25) is 0 Å². The van der Waals surface area contributed by atoms with Gasteiger partial charge in [-0.15, -0.1) is 0 Å². The van der Waals surface area contributed by atoms with Gasteiger partial charge in [0.05, 0.1) is 12.8 Å². The maximum Gasteiger partial charge on any atom is 0.145 e. The molecule has 0 saturated carbocycles. The van der Waals surface area contributed by atoms with E-state index in [9.17, 15) is 0 Å². The molecule has 3 heteroatoms. The summed E-state index contributed by atoms with van der Waals surface area (Å²) in [7, 11) is 1.70. The Bertz CT molecular complexity index is 324. The monoisotopic (exact) mass is 208 g/mol. The predicted octanol–water partition coefficient (Wildman–Crippen LogP) is 2.07. The van der Waals surface area contributed by atoms with Crippen molar-refractivity contribution in [3.63, 3.8) is 0 Å². The average Bonchev–Trinajstić information content (AvgIpc) is 2.24. The topological polar surface area (TPSA) is 47.3 Å². The van der Waals surface area contributed by atoms with Crippen LogP contribution in [0.3, 0.4) is 0 Å². The quantitative estimate of drug-likeness (QED) is 0.728. The Morgan fingerprint density at radius 2 is 2.07 bits per heavy atom. The summed E-state index contributed by atoms with van der Waals surface area (Å²) in [5, 5.41) is 3.33. The first-order valence-electron chi connectivity index (χ1n) is 5.28. The van der Waals surface area contributed by atoms with Gasteiger partial charge in [-0.05, 0) is 44.0 Å². The minimum absolute atomic E-state index is 0.708. The number of nitrogens with one attached hydrogen (secondary N) is 1. The highest BCUT2D eigenvalue weighted by molar-refractivity contribution is 5.61. The number of hydrogen-bond donors (Lipinski definition) is 2. The minimum atomic E-state index is 0.708. The van der Waals surface area contributed by atoms with E-state index in [4.69, 9.17) is 10.5 Å². The van der Waals surface area contributed by atoms with Crippen LogP contribution < -0.4 is 15.8 Å². The first-order chi connectivity index (χ1) is 7.20. The highest BCUT2D eigenvalue weighted by Crippen LogP contribution is 2.30. The molecule has 0 amide bonds. The van der Waals surface area contributed by atoms with Crippen molar-refractivity contribution in [2.75, 3.05) is 25.5 Å². The Kier molecular flexibility index (Phi) is 4.43. The van der Waals surface area contributed by atoms with Gasteiger partial charge in [-0.2, -0.15) is 0 Å². The van der Waals surface area contributed by atoms with Crippen molar-refractivity contribution in [2.45, 2.75) is 20.3 Å². The van der Waals surface area contributed by atoms with Gasteiger partial charge in [0.25, 0.3) is 0 Å². The molecule has 1 aromatic carbocycles. The van der Waals surface area contributed by atoms with Gasteiger partial charge in [0, 0.05) is 6.54 Å². The maximum absolute atomic E-state index is 5.45. The van der Waals surface area contributed by atoms with Crippen molar-refractivity contribution in [1.82, 2.24) is 0 Å². The fourth-order valence-electron chi connectivity index (χ4n) is 1.52. The number of hydrogen-bond acceptors (Lipinski definition) is 3. The zero-order valence-electron chi connectivity index (χ0n) is 9.76. The molecule has 0 bridgehead atoms. The molecule has 0 aliphatic carbocycles. The summed E-state index contributed by atoms with van der Waals surface area (Å²) in [6, 6.07) is 4.15. The molecule has 3 nitrogen and oxygen atoms in total. The van der Waals surface area contributed by atoms with Crippen LogP contribution in [0.5, 0.6) is 5.75 Å². The molecular formula is C12H20N2O. The van der Waals surface area contributed by atoms with Gasteiger partial charge in [0.2, 0.25) is 0 Å². The fourth-order valence-corrected chi connectivity index (χ4v) is 1.52. The Hall–Kier alpha value is -1.22. The molecule has 1 rings (SSSR count). The molecule has 0 atom stereocenters. The second-order valence-electron chi connectivity index (χ2n) is 3.66. The second-order valence-corrected chi connectivity index (χ2v) is 3.66. The number of nitrogens with two attached hydrogens (primary N) is 1. The number of methoxy groups -OCH3 is 1. The average molecular weight is 208 g/mol. The molecule has 15 heavy (non-hydrogen) atoms. The third-order valence-electron chi connectivity index (χ3n) is 2.58. The molecule has 0 heterocycles. The predicted molar refractivity (Wildman–Crippen MR) is 64.6 cm³/mol. The Labute approximate surface area is 91.6 Å². The van der Waals surface area contributed by atoms with Gasteiger partial charge in [0.15, 0.2) is 0 Å². The Balaban J connectivity index is 2.83. The minimum Gasteiger partial charge on any atom is -0.494 e. The zero-order valence-corrected chi connectivity index (χ0v) is 9.76. The van der Waals surface area contributed by atoms with E-state index >= 15 is 0 Å².